The maximum Gasteiger partial charge on any atom is 0.329 e. The van der Waals surface area contributed by atoms with Crippen molar-refractivity contribution in [3.05, 3.63) is 40.5 Å². The van der Waals surface area contributed by atoms with Crippen LogP contribution in [0.1, 0.15) is 18.7 Å². The van der Waals surface area contributed by atoms with Gasteiger partial charge in [-0.3, -0.25) is 10.1 Å². The number of anilines is 2. The van der Waals surface area contributed by atoms with Gasteiger partial charge in [0.1, 0.15) is 12.0 Å². The lowest BCUT2D eigenvalue weighted by atomic mass is 10.2. The first kappa shape index (κ1) is 11.8. The molecule has 0 aliphatic rings. The van der Waals surface area contributed by atoms with Gasteiger partial charge < -0.3 is 15.5 Å². The Morgan fingerprint density at radius 2 is 2.39 bits per heavy atom. The van der Waals surface area contributed by atoms with Gasteiger partial charge in [0.05, 0.1) is 17.2 Å². The molecule has 0 bridgehead atoms. The van der Waals surface area contributed by atoms with Crippen molar-refractivity contribution in [3.8, 4) is 0 Å². The molecule has 18 heavy (non-hydrogen) atoms. The third-order valence-corrected chi connectivity index (χ3v) is 2.31. The fourth-order valence-electron chi connectivity index (χ4n) is 1.44. The Kier molecular flexibility index (Phi) is 3.09. The molecular weight excluding hydrogens is 238 g/mol. The number of nitrogens with one attached hydrogen (secondary N) is 1. The topological polar surface area (TPSA) is 120 Å². The average molecular weight is 249 g/mol. The number of nitrogen functional groups attached to an aromatic ring is 1. The van der Waals surface area contributed by atoms with Gasteiger partial charge in [0.2, 0.25) is 11.8 Å². The van der Waals surface area contributed by atoms with Crippen molar-refractivity contribution in [1.29, 1.82) is 0 Å². The van der Waals surface area contributed by atoms with E-state index in [1.807, 2.05) is 0 Å². The molecule has 0 aromatic carbocycles. The van der Waals surface area contributed by atoms with Crippen LogP contribution in [0.4, 0.5) is 17.5 Å². The van der Waals surface area contributed by atoms with E-state index in [4.69, 9.17) is 10.2 Å². The van der Waals surface area contributed by atoms with Gasteiger partial charge in [0.25, 0.3) is 0 Å². The number of hydrogen-bond acceptors (Lipinski definition) is 7. The molecule has 1 atom stereocenters. The molecule has 0 radical (unpaired) electrons. The van der Waals surface area contributed by atoms with Crippen LogP contribution in [-0.4, -0.2) is 14.9 Å². The highest BCUT2D eigenvalue weighted by Gasteiger charge is 2.19. The molecule has 0 aliphatic carbocycles. The van der Waals surface area contributed by atoms with Crippen molar-refractivity contribution in [1.82, 2.24) is 9.97 Å². The molecule has 0 saturated carbocycles. The Hall–Kier alpha value is -2.64. The molecule has 1 unspecified atom stereocenters. The van der Waals surface area contributed by atoms with Crippen LogP contribution >= 0.6 is 0 Å². The van der Waals surface area contributed by atoms with Crippen LogP contribution in [0.25, 0.3) is 0 Å². The van der Waals surface area contributed by atoms with Crippen molar-refractivity contribution >= 4 is 17.5 Å². The Morgan fingerprint density at radius 3 is 3.00 bits per heavy atom. The molecule has 8 nitrogen and oxygen atoms in total. The van der Waals surface area contributed by atoms with E-state index in [9.17, 15) is 10.1 Å². The zero-order valence-corrected chi connectivity index (χ0v) is 9.53. The summed E-state index contributed by atoms with van der Waals surface area (Å²) in [5.74, 6) is 0.674. The van der Waals surface area contributed by atoms with Crippen LogP contribution in [0.3, 0.4) is 0 Å². The molecule has 3 N–H and O–H groups in total. The van der Waals surface area contributed by atoms with Crippen LogP contribution in [0.2, 0.25) is 0 Å². The molecule has 0 aliphatic heterocycles. The summed E-state index contributed by atoms with van der Waals surface area (Å²) in [6.07, 6.45) is 2.59. The van der Waals surface area contributed by atoms with Gasteiger partial charge in [0, 0.05) is 0 Å². The SMILES string of the molecule is CC(Nc1nc(N)ncc1[N+](=O)[O-])c1ccco1. The number of nitrogens with zero attached hydrogens (tertiary/aromatic N) is 3. The van der Waals surface area contributed by atoms with E-state index in [1.165, 1.54) is 6.26 Å². The lowest BCUT2D eigenvalue weighted by molar-refractivity contribution is -0.384. The van der Waals surface area contributed by atoms with Crippen LogP contribution < -0.4 is 11.1 Å². The fourth-order valence-corrected chi connectivity index (χ4v) is 1.44. The van der Waals surface area contributed by atoms with Gasteiger partial charge in [-0.1, -0.05) is 0 Å². The van der Waals surface area contributed by atoms with Crippen molar-refractivity contribution in [2.24, 2.45) is 0 Å². The number of aromatic nitrogens is 2. The number of rotatable bonds is 4. The van der Waals surface area contributed by atoms with E-state index in [0.717, 1.165) is 6.20 Å². The summed E-state index contributed by atoms with van der Waals surface area (Å²) >= 11 is 0. The second-order valence-corrected chi connectivity index (χ2v) is 3.60. The van der Waals surface area contributed by atoms with E-state index in [-0.39, 0.29) is 23.5 Å². The second-order valence-electron chi connectivity index (χ2n) is 3.60. The number of furan rings is 1. The zero-order chi connectivity index (χ0) is 13.1. The molecule has 0 fully saturated rings. The molecule has 0 saturated heterocycles. The zero-order valence-electron chi connectivity index (χ0n) is 9.53. The third kappa shape index (κ3) is 2.37. The van der Waals surface area contributed by atoms with Gasteiger partial charge in [0.15, 0.2) is 0 Å². The van der Waals surface area contributed by atoms with E-state index in [2.05, 4.69) is 15.3 Å². The van der Waals surface area contributed by atoms with Crippen LogP contribution in [-0.2, 0) is 0 Å². The Labute approximate surface area is 102 Å². The van der Waals surface area contributed by atoms with Gasteiger partial charge in [-0.25, -0.2) is 4.98 Å². The Bertz CT molecular complexity index is 555. The van der Waals surface area contributed by atoms with Gasteiger partial charge in [-0.15, -0.1) is 0 Å². The van der Waals surface area contributed by atoms with Gasteiger partial charge >= 0.3 is 5.69 Å². The minimum absolute atomic E-state index is 0.0326. The maximum absolute atomic E-state index is 10.8. The lowest BCUT2D eigenvalue weighted by Gasteiger charge is -2.11. The van der Waals surface area contributed by atoms with E-state index < -0.39 is 4.92 Å². The summed E-state index contributed by atoms with van der Waals surface area (Å²) in [5, 5.41) is 13.7. The number of nitro groups is 1. The molecule has 2 aromatic heterocycles. The highest BCUT2D eigenvalue weighted by atomic mass is 16.6. The number of hydrogen-bond donors (Lipinski definition) is 2. The first-order valence-corrected chi connectivity index (χ1v) is 5.14. The first-order valence-electron chi connectivity index (χ1n) is 5.14. The normalized spacial score (nSPS) is 12.1. The fraction of sp³-hybridized carbons (Fsp3) is 0.200. The summed E-state index contributed by atoms with van der Waals surface area (Å²) in [4.78, 5) is 17.7. The predicted octanol–water partition coefficient (Wildman–Crippen LogP) is 1.73. The number of nitrogens with two attached hydrogens (primary N) is 1. The molecule has 2 heterocycles. The van der Waals surface area contributed by atoms with E-state index in [0.29, 0.717) is 5.76 Å². The minimum Gasteiger partial charge on any atom is -0.467 e. The van der Waals surface area contributed by atoms with Crippen molar-refractivity contribution in [2.45, 2.75) is 13.0 Å². The molecule has 94 valence electrons. The van der Waals surface area contributed by atoms with Crippen LogP contribution in [0, 0.1) is 10.1 Å². The van der Waals surface area contributed by atoms with Crippen molar-refractivity contribution in [2.75, 3.05) is 11.1 Å². The molecule has 2 rings (SSSR count). The van der Waals surface area contributed by atoms with E-state index in [1.54, 1.807) is 19.1 Å². The van der Waals surface area contributed by atoms with Crippen LogP contribution in [0.5, 0.6) is 0 Å². The summed E-state index contributed by atoms with van der Waals surface area (Å²) in [5.41, 5.74) is 5.18. The summed E-state index contributed by atoms with van der Waals surface area (Å²) in [6, 6.07) is 3.22. The monoisotopic (exact) mass is 249 g/mol. The molecule has 8 heteroatoms. The Balaban J connectivity index is 2.28. The summed E-state index contributed by atoms with van der Waals surface area (Å²) in [6.45, 7) is 1.79. The summed E-state index contributed by atoms with van der Waals surface area (Å²) in [7, 11) is 0. The highest BCUT2D eigenvalue weighted by Crippen LogP contribution is 2.25. The van der Waals surface area contributed by atoms with Gasteiger partial charge in [-0.05, 0) is 19.1 Å². The van der Waals surface area contributed by atoms with Crippen molar-refractivity contribution in [3.63, 3.8) is 0 Å². The van der Waals surface area contributed by atoms with Crippen LogP contribution in [0.15, 0.2) is 29.0 Å². The molecular formula is C10H11N5O3. The first-order chi connectivity index (χ1) is 8.58. The van der Waals surface area contributed by atoms with E-state index >= 15 is 0 Å². The maximum atomic E-state index is 10.8. The molecule has 2 aromatic rings. The van der Waals surface area contributed by atoms with Gasteiger partial charge in [-0.2, -0.15) is 4.98 Å². The predicted molar refractivity (Wildman–Crippen MR) is 63.8 cm³/mol. The standard InChI is InChI=1S/C10H11N5O3/c1-6(8-3-2-4-18-8)13-9-7(15(16)17)5-12-10(11)14-9/h2-6H,1H3,(H3,11,12,13,14). The smallest absolute Gasteiger partial charge is 0.329 e. The molecule has 0 amide bonds. The van der Waals surface area contributed by atoms with Crippen molar-refractivity contribution < 1.29 is 9.34 Å². The summed E-state index contributed by atoms with van der Waals surface area (Å²) < 4.78 is 5.19. The average Bonchev–Trinajstić information content (AvgIpc) is 2.81. The minimum atomic E-state index is -0.573. The highest BCUT2D eigenvalue weighted by molar-refractivity contribution is 5.57. The second kappa shape index (κ2) is 4.70. The molecule has 0 spiro atoms. The third-order valence-electron chi connectivity index (χ3n) is 2.31. The quantitative estimate of drug-likeness (QED) is 0.625. The lowest BCUT2D eigenvalue weighted by Crippen LogP contribution is -2.11. The Morgan fingerprint density at radius 1 is 1.61 bits per heavy atom. The largest absolute Gasteiger partial charge is 0.467 e.